The molecule has 2 heterocycles. The maximum Gasteiger partial charge on any atom is 0.267 e. The van der Waals surface area contributed by atoms with Crippen molar-refractivity contribution in [2.24, 2.45) is 5.92 Å². The van der Waals surface area contributed by atoms with Crippen molar-refractivity contribution in [3.63, 3.8) is 0 Å². The zero-order valence-electron chi connectivity index (χ0n) is 9.62. The van der Waals surface area contributed by atoms with Gasteiger partial charge >= 0.3 is 0 Å². The van der Waals surface area contributed by atoms with Gasteiger partial charge in [0, 0.05) is 18.5 Å². The van der Waals surface area contributed by atoms with Gasteiger partial charge in [0.25, 0.3) is 5.56 Å². The Labute approximate surface area is 114 Å². The van der Waals surface area contributed by atoms with E-state index in [0.29, 0.717) is 10.4 Å². The standard InChI is InChI=1S/C11H15BrClN3O/c1-7(13)8-2-4-16(5-3-8)10-9(12)11(17)15-6-14-10/h6-8H,2-5H2,1H3,(H,14,15,17). The Morgan fingerprint density at radius 1 is 1.59 bits per heavy atom. The molecule has 0 aromatic carbocycles. The van der Waals surface area contributed by atoms with Crippen molar-refractivity contribution in [3.8, 4) is 0 Å². The predicted octanol–water partition coefficient (Wildman–Crippen LogP) is 2.38. The van der Waals surface area contributed by atoms with Gasteiger partial charge in [0.15, 0.2) is 0 Å². The molecule has 0 aliphatic carbocycles. The Balaban J connectivity index is 2.11. The topological polar surface area (TPSA) is 49.0 Å². The fourth-order valence-corrected chi connectivity index (χ4v) is 2.88. The van der Waals surface area contributed by atoms with Crippen LogP contribution in [-0.2, 0) is 0 Å². The fourth-order valence-electron chi connectivity index (χ4n) is 2.16. The van der Waals surface area contributed by atoms with E-state index in [2.05, 4.69) is 30.8 Å². The second-order valence-corrected chi connectivity index (χ2v) is 5.85. The number of aromatic amines is 1. The molecule has 1 aliphatic heterocycles. The first-order chi connectivity index (χ1) is 8.09. The van der Waals surface area contributed by atoms with Crippen LogP contribution in [0.25, 0.3) is 0 Å². The molecule has 1 N–H and O–H groups in total. The van der Waals surface area contributed by atoms with Gasteiger partial charge in [0.2, 0.25) is 0 Å². The van der Waals surface area contributed by atoms with Crippen molar-refractivity contribution >= 4 is 33.3 Å². The van der Waals surface area contributed by atoms with Gasteiger partial charge in [-0.25, -0.2) is 4.98 Å². The van der Waals surface area contributed by atoms with Gasteiger partial charge in [-0.3, -0.25) is 4.79 Å². The number of anilines is 1. The first-order valence-corrected chi connectivity index (χ1v) is 6.94. The van der Waals surface area contributed by atoms with Crippen LogP contribution in [-0.4, -0.2) is 28.4 Å². The second kappa shape index (κ2) is 5.40. The SMILES string of the molecule is CC(Cl)C1CCN(c2nc[nH]c(=O)c2Br)CC1. The van der Waals surface area contributed by atoms with Crippen molar-refractivity contribution < 1.29 is 0 Å². The lowest BCUT2D eigenvalue weighted by Gasteiger charge is -2.34. The highest BCUT2D eigenvalue weighted by molar-refractivity contribution is 9.10. The lowest BCUT2D eigenvalue weighted by Crippen LogP contribution is -2.37. The Bertz CT molecular complexity index is 441. The van der Waals surface area contributed by atoms with Crippen molar-refractivity contribution in [1.82, 2.24) is 9.97 Å². The largest absolute Gasteiger partial charge is 0.355 e. The van der Waals surface area contributed by atoms with Gasteiger partial charge in [-0.2, -0.15) is 0 Å². The van der Waals surface area contributed by atoms with Gasteiger partial charge in [-0.15, -0.1) is 11.6 Å². The van der Waals surface area contributed by atoms with E-state index in [1.165, 1.54) is 6.33 Å². The molecule has 1 fully saturated rings. The molecule has 0 spiro atoms. The average Bonchev–Trinajstić information content (AvgIpc) is 2.33. The normalized spacial score (nSPS) is 19.4. The lowest BCUT2D eigenvalue weighted by atomic mass is 9.94. The molecule has 1 unspecified atom stereocenters. The van der Waals surface area contributed by atoms with E-state index in [9.17, 15) is 4.79 Å². The van der Waals surface area contributed by atoms with Gasteiger partial charge < -0.3 is 9.88 Å². The first kappa shape index (κ1) is 12.9. The van der Waals surface area contributed by atoms with Gasteiger partial charge in [-0.05, 0) is 41.6 Å². The molecule has 1 aliphatic rings. The van der Waals surface area contributed by atoms with Crippen LogP contribution in [0.2, 0.25) is 0 Å². The smallest absolute Gasteiger partial charge is 0.267 e. The van der Waals surface area contributed by atoms with Crippen molar-refractivity contribution in [2.45, 2.75) is 25.1 Å². The Morgan fingerprint density at radius 2 is 2.24 bits per heavy atom. The van der Waals surface area contributed by atoms with Gasteiger partial charge in [0.05, 0.1) is 6.33 Å². The van der Waals surface area contributed by atoms with E-state index in [1.807, 2.05) is 6.92 Å². The molecule has 4 nitrogen and oxygen atoms in total. The van der Waals surface area contributed by atoms with Crippen LogP contribution >= 0.6 is 27.5 Å². The quantitative estimate of drug-likeness (QED) is 0.851. The van der Waals surface area contributed by atoms with E-state index in [0.717, 1.165) is 31.7 Å². The molecule has 6 heteroatoms. The minimum Gasteiger partial charge on any atom is -0.355 e. The van der Waals surface area contributed by atoms with Crippen LogP contribution < -0.4 is 10.5 Å². The summed E-state index contributed by atoms with van der Waals surface area (Å²) in [6, 6.07) is 0. The summed E-state index contributed by atoms with van der Waals surface area (Å²) in [4.78, 5) is 20.4. The highest BCUT2D eigenvalue weighted by Gasteiger charge is 2.24. The third-order valence-electron chi connectivity index (χ3n) is 3.27. The summed E-state index contributed by atoms with van der Waals surface area (Å²) in [5, 5.41) is 0.215. The molecular weight excluding hydrogens is 305 g/mol. The molecule has 0 saturated carbocycles. The monoisotopic (exact) mass is 319 g/mol. The molecule has 0 bridgehead atoms. The highest BCUT2D eigenvalue weighted by atomic mass is 79.9. The molecule has 94 valence electrons. The Hall–Kier alpha value is -0.550. The molecule has 0 amide bonds. The molecule has 1 atom stereocenters. The van der Waals surface area contributed by atoms with Gasteiger partial charge in [-0.1, -0.05) is 0 Å². The molecule has 1 aromatic heterocycles. The molecule has 1 saturated heterocycles. The van der Waals surface area contributed by atoms with Crippen LogP contribution in [0.5, 0.6) is 0 Å². The van der Waals surface area contributed by atoms with Crippen molar-refractivity contribution in [2.75, 3.05) is 18.0 Å². The summed E-state index contributed by atoms with van der Waals surface area (Å²) in [5.74, 6) is 1.29. The summed E-state index contributed by atoms with van der Waals surface area (Å²) in [7, 11) is 0. The van der Waals surface area contributed by atoms with E-state index in [4.69, 9.17) is 11.6 Å². The summed E-state index contributed by atoms with van der Waals surface area (Å²) in [5.41, 5.74) is -0.136. The molecule has 17 heavy (non-hydrogen) atoms. The van der Waals surface area contributed by atoms with Gasteiger partial charge in [0.1, 0.15) is 10.3 Å². The minimum absolute atomic E-state index is 0.136. The van der Waals surface area contributed by atoms with Crippen molar-refractivity contribution in [1.29, 1.82) is 0 Å². The van der Waals surface area contributed by atoms with Crippen LogP contribution in [0.15, 0.2) is 15.6 Å². The zero-order chi connectivity index (χ0) is 12.4. The fraction of sp³-hybridized carbons (Fsp3) is 0.636. The molecule has 1 aromatic rings. The second-order valence-electron chi connectivity index (χ2n) is 4.37. The van der Waals surface area contributed by atoms with Crippen molar-refractivity contribution in [3.05, 3.63) is 21.2 Å². The van der Waals surface area contributed by atoms with E-state index < -0.39 is 0 Å². The number of alkyl halides is 1. The number of hydrogen-bond acceptors (Lipinski definition) is 3. The van der Waals surface area contributed by atoms with Crippen LogP contribution in [0, 0.1) is 5.92 Å². The van der Waals surface area contributed by atoms with E-state index in [1.54, 1.807) is 0 Å². The Morgan fingerprint density at radius 3 is 2.82 bits per heavy atom. The number of hydrogen-bond donors (Lipinski definition) is 1. The van der Waals surface area contributed by atoms with Crippen LogP contribution in [0.1, 0.15) is 19.8 Å². The molecule has 2 rings (SSSR count). The highest BCUT2D eigenvalue weighted by Crippen LogP contribution is 2.28. The predicted molar refractivity (Wildman–Crippen MR) is 72.8 cm³/mol. The maximum absolute atomic E-state index is 11.5. The van der Waals surface area contributed by atoms with Crippen LogP contribution in [0.4, 0.5) is 5.82 Å². The number of piperidine rings is 1. The van der Waals surface area contributed by atoms with Crippen LogP contribution in [0.3, 0.4) is 0 Å². The van der Waals surface area contributed by atoms with E-state index >= 15 is 0 Å². The molecular formula is C11H15BrClN3O. The minimum atomic E-state index is -0.136. The number of halogens is 2. The number of nitrogens with one attached hydrogen (secondary N) is 1. The summed E-state index contributed by atoms with van der Waals surface area (Å²) in [6.45, 7) is 3.84. The lowest BCUT2D eigenvalue weighted by molar-refractivity contribution is 0.398. The number of rotatable bonds is 2. The third-order valence-corrected chi connectivity index (χ3v) is 4.34. The summed E-state index contributed by atoms with van der Waals surface area (Å²) >= 11 is 9.39. The average molecular weight is 321 g/mol. The number of nitrogens with zero attached hydrogens (tertiary/aromatic N) is 2. The first-order valence-electron chi connectivity index (χ1n) is 5.72. The zero-order valence-corrected chi connectivity index (χ0v) is 12.0. The maximum atomic E-state index is 11.5. The molecule has 0 radical (unpaired) electrons. The Kier molecular flexibility index (Phi) is 4.09. The summed E-state index contributed by atoms with van der Waals surface area (Å²) < 4.78 is 0.511. The number of aromatic nitrogens is 2. The third kappa shape index (κ3) is 2.83. The number of H-pyrrole nitrogens is 1. The summed E-state index contributed by atoms with van der Waals surface area (Å²) in [6.07, 6.45) is 3.54. The van der Waals surface area contributed by atoms with E-state index in [-0.39, 0.29) is 10.9 Å².